The number of benzene rings is 1. The highest BCUT2D eigenvalue weighted by Crippen LogP contribution is 2.31. The molecular weight excluding hydrogens is 257 g/mol. The van der Waals surface area contributed by atoms with E-state index in [0.29, 0.717) is 15.8 Å². The Morgan fingerprint density at radius 1 is 1.41 bits per heavy atom. The normalized spacial score (nSPS) is 17.4. The van der Waals surface area contributed by atoms with Crippen LogP contribution in [0.3, 0.4) is 0 Å². The predicted octanol–water partition coefficient (Wildman–Crippen LogP) is 3.74. The maximum atomic E-state index is 13.7. The van der Waals surface area contributed by atoms with Crippen molar-refractivity contribution < 1.29 is 4.39 Å². The molecule has 1 nitrogen and oxygen atoms in total. The molecule has 1 aromatic rings. The molecule has 0 saturated carbocycles. The van der Waals surface area contributed by atoms with Gasteiger partial charge >= 0.3 is 0 Å². The van der Waals surface area contributed by atoms with Gasteiger partial charge in [-0.15, -0.1) is 11.8 Å². The molecule has 0 radical (unpaired) electrons. The number of hydrogen-bond donors (Lipinski definition) is 1. The summed E-state index contributed by atoms with van der Waals surface area (Å²) < 4.78 is 13.7. The van der Waals surface area contributed by atoms with E-state index in [1.54, 1.807) is 6.07 Å². The Hall–Kier alpha value is -0.250. The van der Waals surface area contributed by atoms with Gasteiger partial charge in [0.1, 0.15) is 5.82 Å². The van der Waals surface area contributed by atoms with Gasteiger partial charge in [0.15, 0.2) is 0 Å². The summed E-state index contributed by atoms with van der Waals surface area (Å²) in [5, 5.41) is 3.88. The molecule has 94 valence electrons. The Morgan fingerprint density at radius 3 is 2.71 bits per heavy atom. The largest absolute Gasteiger partial charge is 0.317 e. The molecule has 1 saturated heterocycles. The van der Waals surface area contributed by atoms with Crippen molar-refractivity contribution in [2.24, 2.45) is 5.92 Å². The highest BCUT2D eigenvalue weighted by Gasteiger charge is 2.15. The van der Waals surface area contributed by atoms with Crippen LogP contribution in [0.1, 0.15) is 18.4 Å². The standard InChI is InChI=1S/C13H17ClFNS/c1-17-13-11(14)7-10(8-12(13)15)6-9-2-4-16-5-3-9/h7-9,16H,2-6H2,1H3. The molecule has 0 bridgehead atoms. The minimum Gasteiger partial charge on any atom is -0.317 e. The van der Waals surface area contributed by atoms with Gasteiger partial charge in [-0.2, -0.15) is 0 Å². The van der Waals surface area contributed by atoms with Crippen molar-refractivity contribution in [2.45, 2.75) is 24.2 Å². The summed E-state index contributed by atoms with van der Waals surface area (Å²) >= 11 is 7.44. The van der Waals surface area contributed by atoms with Crippen LogP contribution < -0.4 is 5.32 Å². The Kier molecular flexibility index (Phi) is 4.71. The van der Waals surface area contributed by atoms with Gasteiger partial charge in [0, 0.05) is 0 Å². The lowest BCUT2D eigenvalue weighted by molar-refractivity contribution is 0.372. The summed E-state index contributed by atoms with van der Waals surface area (Å²) in [5.74, 6) is 0.473. The molecular formula is C13H17ClFNS. The number of nitrogens with one attached hydrogen (secondary N) is 1. The SMILES string of the molecule is CSc1c(F)cc(CC2CCNCC2)cc1Cl. The van der Waals surface area contributed by atoms with Gasteiger partial charge in [-0.3, -0.25) is 0 Å². The van der Waals surface area contributed by atoms with Crippen LogP contribution in [0.4, 0.5) is 4.39 Å². The monoisotopic (exact) mass is 273 g/mol. The van der Waals surface area contributed by atoms with Gasteiger partial charge in [-0.1, -0.05) is 11.6 Å². The van der Waals surface area contributed by atoms with E-state index >= 15 is 0 Å². The van der Waals surface area contributed by atoms with Crippen molar-refractivity contribution in [1.29, 1.82) is 0 Å². The molecule has 0 spiro atoms. The summed E-state index contributed by atoms with van der Waals surface area (Å²) in [6, 6.07) is 3.55. The van der Waals surface area contributed by atoms with Crippen molar-refractivity contribution >= 4 is 23.4 Å². The van der Waals surface area contributed by atoms with E-state index < -0.39 is 0 Å². The molecule has 1 aliphatic heterocycles. The number of thioether (sulfide) groups is 1. The Balaban J connectivity index is 2.10. The summed E-state index contributed by atoms with van der Waals surface area (Å²) in [4.78, 5) is 0.556. The van der Waals surface area contributed by atoms with Gasteiger partial charge in [-0.05, 0) is 62.2 Å². The van der Waals surface area contributed by atoms with E-state index in [1.807, 2.05) is 12.3 Å². The van der Waals surface area contributed by atoms with Crippen LogP contribution in [0.25, 0.3) is 0 Å². The first kappa shape index (κ1) is 13.2. The first-order valence-corrected chi connectivity index (χ1v) is 7.53. The molecule has 2 rings (SSSR count). The van der Waals surface area contributed by atoms with Crippen molar-refractivity contribution in [3.05, 3.63) is 28.5 Å². The minimum absolute atomic E-state index is 0.186. The van der Waals surface area contributed by atoms with Gasteiger partial charge in [0.05, 0.1) is 9.92 Å². The lowest BCUT2D eigenvalue weighted by Crippen LogP contribution is -2.28. The van der Waals surface area contributed by atoms with Crippen LogP contribution in [-0.4, -0.2) is 19.3 Å². The average Bonchev–Trinajstić information content (AvgIpc) is 2.30. The first-order chi connectivity index (χ1) is 8.20. The zero-order chi connectivity index (χ0) is 12.3. The summed E-state index contributed by atoms with van der Waals surface area (Å²) in [5.41, 5.74) is 1.03. The molecule has 0 atom stereocenters. The molecule has 0 aromatic heterocycles. The third kappa shape index (κ3) is 3.36. The predicted molar refractivity (Wildman–Crippen MR) is 72.5 cm³/mol. The lowest BCUT2D eigenvalue weighted by atomic mass is 9.91. The van der Waals surface area contributed by atoms with Crippen LogP contribution in [0.2, 0.25) is 5.02 Å². The van der Waals surface area contributed by atoms with Crippen LogP contribution in [0.15, 0.2) is 17.0 Å². The molecule has 17 heavy (non-hydrogen) atoms. The molecule has 0 unspecified atom stereocenters. The van der Waals surface area contributed by atoms with E-state index in [4.69, 9.17) is 11.6 Å². The third-order valence-corrected chi connectivity index (χ3v) is 4.48. The topological polar surface area (TPSA) is 12.0 Å². The fraction of sp³-hybridized carbons (Fsp3) is 0.538. The molecule has 1 N–H and O–H groups in total. The molecule has 1 fully saturated rings. The Labute approximate surface area is 111 Å². The summed E-state index contributed by atoms with van der Waals surface area (Å²) in [6.45, 7) is 2.15. The summed E-state index contributed by atoms with van der Waals surface area (Å²) in [7, 11) is 0. The van der Waals surface area contributed by atoms with E-state index in [0.717, 1.165) is 25.1 Å². The Morgan fingerprint density at radius 2 is 2.12 bits per heavy atom. The lowest BCUT2D eigenvalue weighted by Gasteiger charge is -2.22. The zero-order valence-corrected chi connectivity index (χ0v) is 11.5. The molecule has 1 aliphatic rings. The Bertz CT molecular complexity index is 368. The highest BCUT2D eigenvalue weighted by molar-refractivity contribution is 7.98. The van der Waals surface area contributed by atoms with Crippen LogP contribution in [0, 0.1) is 11.7 Å². The highest BCUT2D eigenvalue weighted by atomic mass is 35.5. The molecule has 0 amide bonds. The second-order valence-electron chi connectivity index (χ2n) is 4.49. The van der Waals surface area contributed by atoms with Crippen LogP contribution in [-0.2, 0) is 6.42 Å². The van der Waals surface area contributed by atoms with Gasteiger partial charge < -0.3 is 5.32 Å². The van der Waals surface area contributed by atoms with Crippen molar-refractivity contribution in [3.63, 3.8) is 0 Å². The van der Waals surface area contributed by atoms with E-state index in [-0.39, 0.29) is 5.82 Å². The number of hydrogen-bond acceptors (Lipinski definition) is 2. The fourth-order valence-electron chi connectivity index (χ4n) is 2.34. The molecule has 4 heteroatoms. The first-order valence-electron chi connectivity index (χ1n) is 5.93. The second-order valence-corrected chi connectivity index (χ2v) is 5.71. The van der Waals surface area contributed by atoms with E-state index in [9.17, 15) is 4.39 Å². The molecule has 1 heterocycles. The number of rotatable bonds is 3. The van der Waals surface area contributed by atoms with Crippen LogP contribution in [0.5, 0.6) is 0 Å². The van der Waals surface area contributed by atoms with Crippen molar-refractivity contribution in [3.8, 4) is 0 Å². The smallest absolute Gasteiger partial charge is 0.138 e. The molecule has 0 aliphatic carbocycles. The third-order valence-electron chi connectivity index (χ3n) is 3.25. The van der Waals surface area contributed by atoms with Gasteiger partial charge in [-0.25, -0.2) is 4.39 Å². The van der Waals surface area contributed by atoms with Gasteiger partial charge in [0.25, 0.3) is 0 Å². The zero-order valence-electron chi connectivity index (χ0n) is 9.93. The van der Waals surface area contributed by atoms with Gasteiger partial charge in [0.2, 0.25) is 0 Å². The maximum absolute atomic E-state index is 13.7. The second kappa shape index (κ2) is 6.07. The maximum Gasteiger partial charge on any atom is 0.138 e. The fourth-order valence-corrected chi connectivity index (χ4v) is 3.31. The van der Waals surface area contributed by atoms with Crippen LogP contribution >= 0.6 is 23.4 Å². The number of halogens is 2. The summed E-state index contributed by atoms with van der Waals surface area (Å²) in [6.07, 6.45) is 5.12. The quantitative estimate of drug-likeness (QED) is 0.842. The van der Waals surface area contributed by atoms with Crippen molar-refractivity contribution in [2.75, 3.05) is 19.3 Å². The average molecular weight is 274 g/mol. The molecule has 1 aromatic carbocycles. The minimum atomic E-state index is -0.186. The van der Waals surface area contributed by atoms with E-state index in [2.05, 4.69) is 5.32 Å². The van der Waals surface area contributed by atoms with Crippen molar-refractivity contribution in [1.82, 2.24) is 5.32 Å². The van der Waals surface area contributed by atoms with E-state index in [1.165, 1.54) is 24.6 Å². The number of piperidine rings is 1.